The molecule has 1 amide bonds. The summed E-state index contributed by atoms with van der Waals surface area (Å²) in [6.07, 6.45) is 0. The molecule has 1 atom stereocenters. The number of carbonyl (C=O) groups excluding carboxylic acids is 1. The van der Waals surface area contributed by atoms with Gasteiger partial charge >= 0.3 is 0 Å². The van der Waals surface area contributed by atoms with Crippen LogP contribution in [0.3, 0.4) is 0 Å². The molecule has 1 fully saturated rings. The minimum Gasteiger partial charge on any atom is -0.492 e. The number of amides is 1. The molecule has 4 rings (SSSR count). The number of hydrogen-bond donors (Lipinski definition) is 1. The van der Waals surface area contributed by atoms with Gasteiger partial charge in [-0.15, -0.1) is 0 Å². The normalized spacial score (nSPS) is 15.4. The monoisotopic (exact) mass is 495 g/mol. The van der Waals surface area contributed by atoms with Crippen LogP contribution in [0.15, 0.2) is 71.6 Å². The molecule has 1 N–H and O–H groups in total. The fourth-order valence-electron chi connectivity index (χ4n) is 4.40. The number of hydrogen-bond acceptors (Lipinski definition) is 5. The topological polar surface area (TPSA) is 79.0 Å². The zero-order valence-electron chi connectivity index (χ0n) is 20.5. The SMILES string of the molecule is CCOc1ccccc1N1CCN(C(=O)C(NS(=O)(=O)c2ccc3ccccc3c2)C(C)C)CC1. The number of nitrogens with one attached hydrogen (secondary N) is 1. The Balaban J connectivity index is 1.46. The molecule has 0 aliphatic carbocycles. The molecule has 1 aliphatic heterocycles. The highest BCUT2D eigenvalue weighted by molar-refractivity contribution is 7.89. The molecule has 0 bridgehead atoms. The molecule has 1 aliphatic rings. The van der Waals surface area contributed by atoms with E-state index in [1.165, 1.54) is 0 Å². The molecule has 0 saturated carbocycles. The van der Waals surface area contributed by atoms with E-state index in [1.54, 1.807) is 23.1 Å². The van der Waals surface area contributed by atoms with Crippen molar-refractivity contribution in [2.45, 2.75) is 31.7 Å². The first kappa shape index (κ1) is 25.0. The summed E-state index contributed by atoms with van der Waals surface area (Å²) in [5.74, 6) is 0.439. The van der Waals surface area contributed by atoms with Gasteiger partial charge in [0, 0.05) is 26.2 Å². The lowest BCUT2D eigenvalue weighted by molar-refractivity contribution is -0.134. The number of carbonyl (C=O) groups is 1. The number of sulfonamides is 1. The summed E-state index contributed by atoms with van der Waals surface area (Å²) in [5.41, 5.74) is 1.01. The Morgan fingerprint density at radius 3 is 2.29 bits per heavy atom. The molecule has 1 heterocycles. The van der Waals surface area contributed by atoms with Crippen LogP contribution < -0.4 is 14.4 Å². The summed E-state index contributed by atoms with van der Waals surface area (Å²) in [6, 6.07) is 19.7. The Bertz CT molecular complexity index is 1280. The lowest BCUT2D eigenvalue weighted by Crippen LogP contribution is -2.56. The third-order valence-corrected chi connectivity index (χ3v) is 7.78. The lowest BCUT2D eigenvalue weighted by atomic mass is 10.0. The van der Waals surface area contributed by atoms with Gasteiger partial charge < -0.3 is 14.5 Å². The summed E-state index contributed by atoms with van der Waals surface area (Å²) in [4.78, 5) is 17.6. The van der Waals surface area contributed by atoms with Crippen molar-refractivity contribution in [1.82, 2.24) is 9.62 Å². The molecule has 1 saturated heterocycles. The molecule has 1 unspecified atom stereocenters. The Hall–Kier alpha value is -3.10. The van der Waals surface area contributed by atoms with Gasteiger partial charge in [-0.3, -0.25) is 4.79 Å². The fraction of sp³-hybridized carbons (Fsp3) is 0.370. The first-order valence-electron chi connectivity index (χ1n) is 12.1. The van der Waals surface area contributed by atoms with E-state index in [0.717, 1.165) is 22.2 Å². The molecular formula is C27H33N3O4S. The number of nitrogens with zero attached hydrogens (tertiary/aromatic N) is 2. The smallest absolute Gasteiger partial charge is 0.241 e. The average Bonchev–Trinajstić information content (AvgIpc) is 2.87. The Morgan fingerprint density at radius 2 is 1.60 bits per heavy atom. The standard InChI is InChI=1S/C27H33N3O4S/c1-4-34-25-12-8-7-11-24(25)29-15-17-30(18-16-29)27(31)26(20(2)3)28-35(32,33)23-14-13-21-9-5-6-10-22(21)19-23/h5-14,19-20,26,28H,4,15-18H2,1-3H3. The molecular weight excluding hydrogens is 462 g/mol. The second-order valence-corrected chi connectivity index (χ2v) is 10.8. The van der Waals surface area contributed by atoms with E-state index in [9.17, 15) is 13.2 Å². The number of benzene rings is 3. The third-order valence-electron chi connectivity index (χ3n) is 6.34. The second-order valence-electron chi connectivity index (χ2n) is 9.07. The predicted molar refractivity (Wildman–Crippen MR) is 139 cm³/mol. The number of rotatable bonds is 8. The van der Waals surface area contributed by atoms with E-state index in [0.29, 0.717) is 32.8 Å². The number of piperazine rings is 1. The van der Waals surface area contributed by atoms with E-state index in [4.69, 9.17) is 4.74 Å². The molecule has 0 radical (unpaired) electrons. The lowest BCUT2D eigenvalue weighted by Gasteiger charge is -2.38. The van der Waals surface area contributed by atoms with Crippen LogP contribution in [0, 0.1) is 5.92 Å². The summed E-state index contributed by atoms with van der Waals surface area (Å²) >= 11 is 0. The van der Waals surface area contributed by atoms with Crippen molar-refractivity contribution < 1.29 is 17.9 Å². The largest absolute Gasteiger partial charge is 0.492 e. The van der Waals surface area contributed by atoms with Crippen LogP contribution >= 0.6 is 0 Å². The van der Waals surface area contributed by atoms with Crippen LogP contribution in [0.25, 0.3) is 10.8 Å². The van der Waals surface area contributed by atoms with E-state index >= 15 is 0 Å². The minimum absolute atomic E-state index is 0.159. The Kier molecular flexibility index (Phi) is 7.62. The zero-order chi connectivity index (χ0) is 25.0. The van der Waals surface area contributed by atoms with Crippen molar-refractivity contribution in [2.24, 2.45) is 5.92 Å². The fourth-order valence-corrected chi connectivity index (χ4v) is 5.77. The van der Waals surface area contributed by atoms with Crippen LogP contribution in [0.2, 0.25) is 0 Å². The summed E-state index contributed by atoms with van der Waals surface area (Å²) in [5, 5.41) is 1.80. The van der Waals surface area contributed by atoms with Crippen molar-refractivity contribution in [3.8, 4) is 5.75 Å². The van der Waals surface area contributed by atoms with Gasteiger partial charge in [-0.25, -0.2) is 8.42 Å². The van der Waals surface area contributed by atoms with Crippen molar-refractivity contribution in [1.29, 1.82) is 0 Å². The molecule has 186 valence electrons. The molecule has 3 aromatic carbocycles. The van der Waals surface area contributed by atoms with Gasteiger partial charge in [0.25, 0.3) is 0 Å². The van der Waals surface area contributed by atoms with Crippen LogP contribution in [0.1, 0.15) is 20.8 Å². The quantitative estimate of drug-likeness (QED) is 0.513. The van der Waals surface area contributed by atoms with Gasteiger partial charge in [-0.05, 0) is 47.9 Å². The summed E-state index contributed by atoms with van der Waals surface area (Å²) in [7, 11) is -3.87. The number of anilines is 1. The highest BCUT2D eigenvalue weighted by atomic mass is 32.2. The second kappa shape index (κ2) is 10.7. The van der Waals surface area contributed by atoms with Gasteiger partial charge in [-0.1, -0.05) is 56.3 Å². The van der Waals surface area contributed by atoms with Crippen LogP contribution in [-0.4, -0.2) is 58.1 Å². The molecule has 35 heavy (non-hydrogen) atoms. The maximum atomic E-state index is 13.4. The highest BCUT2D eigenvalue weighted by Gasteiger charge is 2.33. The van der Waals surface area contributed by atoms with Crippen LogP contribution in [-0.2, 0) is 14.8 Å². The first-order chi connectivity index (χ1) is 16.8. The van der Waals surface area contributed by atoms with Gasteiger partial charge in [0.2, 0.25) is 15.9 Å². The Morgan fingerprint density at radius 1 is 0.943 bits per heavy atom. The minimum atomic E-state index is -3.87. The molecule has 0 spiro atoms. The molecule has 8 heteroatoms. The van der Waals surface area contributed by atoms with E-state index in [1.807, 2.05) is 69.3 Å². The summed E-state index contributed by atoms with van der Waals surface area (Å²) in [6.45, 7) is 8.60. The van der Waals surface area contributed by atoms with Gasteiger partial charge in [0.15, 0.2) is 0 Å². The molecule has 3 aromatic rings. The van der Waals surface area contributed by atoms with Gasteiger partial charge in [0.1, 0.15) is 11.8 Å². The highest BCUT2D eigenvalue weighted by Crippen LogP contribution is 2.29. The average molecular weight is 496 g/mol. The maximum absolute atomic E-state index is 13.4. The maximum Gasteiger partial charge on any atom is 0.241 e. The Labute approximate surface area is 207 Å². The third kappa shape index (κ3) is 5.60. The van der Waals surface area contributed by atoms with Crippen molar-refractivity contribution in [3.05, 3.63) is 66.7 Å². The molecule has 7 nitrogen and oxygen atoms in total. The van der Waals surface area contributed by atoms with Crippen molar-refractivity contribution in [3.63, 3.8) is 0 Å². The van der Waals surface area contributed by atoms with Crippen molar-refractivity contribution in [2.75, 3.05) is 37.7 Å². The van der Waals surface area contributed by atoms with Gasteiger partial charge in [-0.2, -0.15) is 4.72 Å². The molecule has 0 aromatic heterocycles. The summed E-state index contributed by atoms with van der Waals surface area (Å²) < 4.78 is 34.9. The first-order valence-corrected chi connectivity index (χ1v) is 13.5. The van der Waals surface area contributed by atoms with Gasteiger partial charge in [0.05, 0.1) is 17.2 Å². The number of fused-ring (bicyclic) bond motifs is 1. The van der Waals surface area contributed by atoms with Crippen LogP contribution in [0.5, 0.6) is 5.75 Å². The predicted octanol–water partition coefficient (Wildman–Crippen LogP) is 3.89. The van der Waals surface area contributed by atoms with E-state index in [-0.39, 0.29) is 16.7 Å². The van der Waals surface area contributed by atoms with Crippen LogP contribution in [0.4, 0.5) is 5.69 Å². The number of para-hydroxylation sites is 2. The van der Waals surface area contributed by atoms with E-state index in [2.05, 4.69) is 9.62 Å². The van der Waals surface area contributed by atoms with E-state index < -0.39 is 16.1 Å². The van der Waals surface area contributed by atoms with Crippen molar-refractivity contribution >= 4 is 32.4 Å². The number of ether oxygens (including phenoxy) is 1. The zero-order valence-corrected chi connectivity index (χ0v) is 21.3.